The van der Waals surface area contributed by atoms with Crippen LogP contribution in [0.5, 0.6) is 0 Å². The summed E-state index contributed by atoms with van der Waals surface area (Å²) in [7, 11) is 0. The number of benzene rings is 1. The van der Waals surface area contributed by atoms with Crippen molar-refractivity contribution in [2.75, 3.05) is 17.2 Å². The van der Waals surface area contributed by atoms with E-state index in [9.17, 15) is 4.39 Å². The second kappa shape index (κ2) is 5.86. The summed E-state index contributed by atoms with van der Waals surface area (Å²) in [5.74, 6) is 1.90. The molecule has 5 heteroatoms. The Labute approximate surface area is 118 Å². The first-order valence-corrected chi connectivity index (χ1v) is 6.63. The Hall–Kier alpha value is -2.17. The second-order valence-electron chi connectivity index (χ2n) is 4.77. The van der Waals surface area contributed by atoms with E-state index < -0.39 is 0 Å². The number of aromatic nitrogens is 2. The monoisotopic (exact) mass is 274 g/mol. The van der Waals surface area contributed by atoms with Gasteiger partial charge in [0.25, 0.3) is 0 Å². The Morgan fingerprint density at radius 1 is 1.05 bits per heavy atom. The Morgan fingerprint density at radius 3 is 2.40 bits per heavy atom. The van der Waals surface area contributed by atoms with Gasteiger partial charge in [-0.2, -0.15) is 0 Å². The number of hydrogen-bond acceptors (Lipinski definition) is 4. The third-order valence-electron chi connectivity index (χ3n) is 2.91. The first kappa shape index (κ1) is 14.2. The van der Waals surface area contributed by atoms with E-state index in [0.717, 1.165) is 23.5 Å². The molecule has 0 amide bonds. The molecule has 0 aliphatic heterocycles. The molecule has 0 aliphatic rings. The van der Waals surface area contributed by atoms with Crippen molar-refractivity contribution in [2.45, 2.75) is 27.7 Å². The Bertz CT molecular complexity index is 605. The maximum Gasteiger partial charge on any atom is 0.139 e. The third-order valence-corrected chi connectivity index (χ3v) is 2.91. The van der Waals surface area contributed by atoms with E-state index in [4.69, 9.17) is 0 Å². The minimum atomic E-state index is -0.261. The van der Waals surface area contributed by atoms with Crippen LogP contribution >= 0.6 is 0 Å². The quantitative estimate of drug-likeness (QED) is 0.892. The zero-order chi connectivity index (χ0) is 14.7. The van der Waals surface area contributed by atoms with Crippen molar-refractivity contribution in [1.29, 1.82) is 0 Å². The predicted molar refractivity (Wildman–Crippen MR) is 80.1 cm³/mol. The van der Waals surface area contributed by atoms with Gasteiger partial charge in [0.15, 0.2) is 0 Å². The van der Waals surface area contributed by atoms with Gasteiger partial charge in [-0.1, -0.05) is 0 Å². The molecule has 1 aromatic carbocycles. The summed E-state index contributed by atoms with van der Waals surface area (Å²) in [5.41, 5.74) is 2.47. The molecule has 2 N–H and O–H groups in total. The normalized spacial score (nSPS) is 10.4. The maximum absolute atomic E-state index is 13.4. The van der Waals surface area contributed by atoms with Gasteiger partial charge in [-0.3, -0.25) is 0 Å². The van der Waals surface area contributed by atoms with Gasteiger partial charge in [0.1, 0.15) is 23.3 Å². The first-order valence-electron chi connectivity index (χ1n) is 6.63. The lowest BCUT2D eigenvalue weighted by atomic mass is 10.2. The van der Waals surface area contributed by atoms with E-state index >= 15 is 0 Å². The number of rotatable bonds is 4. The van der Waals surface area contributed by atoms with Crippen molar-refractivity contribution in [3.63, 3.8) is 0 Å². The van der Waals surface area contributed by atoms with Crippen molar-refractivity contribution in [1.82, 2.24) is 9.97 Å². The molecule has 20 heavy (non-hydrogen) atoms. The van der Waals surface area contributed by atoms with Gasteiger partial charge in [0.05, 0.1) is 0 Å². The Morgan fingerprint density at radius 2 is 1.75 bits per heavy atom. The number of aryl methyl sites for hydroxylation is 2. The molecule has 0 saturated heterocycles. The molecular weight excluding hydrogens is 255 g/mol. The fourth-order valence-corrected chi connectivity index (χ4v) is 2.03. The van der Waals surface area contributed by atoms with Gasteiger partial charge in [-0.15, -0.1) is 0 Å². The van der Waals surface area contributed by atoms with Gasteiger partial charge in [0, 0.05) is 17.8 Å². The third kappa shape index (κ3) is 3.23. The molecule has 1 heterocycles. The van der Waals surface area contributed by atoms with Gasteiger partial charge < -0.3 is 10.6 Å². The van der Waals surface area contributed by atoms with Crippen molar-refractivity contribution in [3.05, 3.63) is 41.0 Å². The Balaban J connectivity index is 2.37. The summed E-state index contributed by atoms with van der Waals surface area (Å²) >= 11 is 0. The van der Waals surface area contributed by atoms with Gasteiger partial charge in [-0.05, 0) is 51.5 Å². The molecule has 0 atom stereocenters. The number of halogens is 1. The van der Waals surface area contributed by atoms with E-state index in [0.29, 0.717) is 17.3 Å². The molecule has 0 bridgehead atoms. The van der Waals surface area contributed by atoms with E-state index in [1.54, 1.807) is 0 Å². The smallest absolute Gasteiger partial charge is 0.139 e. The number of anilines is 3. The Kier molecular flexibility index (Phi) is 4.17. The van der Waals surface area contributed by atoms with Crippen LogP contribution in [0.2, 0.25) is 0 Å². The van der Waals surface area contributed by atoms with Crippen molar-refractivity contribution in [2.24, 2.45) is 0 Å². The van der Waals surface area contributed by atoms with Crippen molar-refractivity contribution in [3.8, 4) is 0 Å². The summed E-state index contributed by atoms with van der Waals surface area (Å²) in [5, 5.41) is 6.36. The highest BCUT2D eigenvalue weighted by Gasteiger charge is 2.09. The average molecular weight is 274 g/mol. The van der Waals surface area contributed by atoms with Crippen molar-refractivity contribution >= 4 is 17.3 Å². The lowest BCUT2D eigenvalue weighted by Gasteiger charge is -2.14. The van der Waals surface area contributed by atoms with E-state index in [-0.39, 0.29) is 5.82 Å². The lowest BCUT2D eigenvalue weighted by molar-refractivity contribution is 0.627. The van der Waals surface area contributed by atoms with Gasteiger partial charge >= 0.3 is 0 Å². The second-order valence-corrected chi connectivity index (χ2v) is 4.77. The van der Waals surface area contributed by atoms with Crippen LogP contribution in [-0.2, 0) is 0 Å². The van der Waals surface area contributed by atoms with Crippen LogP contribution in [0.25, 0.3) is 0 Å². The summed E-state index contributed by atoms with van der Waals surface area (Å²) < 4.78 is 13.4. The molecule has 0 spiro atoms. The summed E-state index contributed by atoms with van der Waals surface area (Å²) in [4.78, 5) is 8.75. The number of nitrogens with zero attached hydrogens (tertiary/aromatic N) is 2. The highest BCUT2D eigenvalue weighted by molar-refractivity contribution is 5.65. The summed E-state index contributed by atoms with van der Waals surface area (Å²) in [6, 6.07) is 4.83. The van der Waals surface area contributed by atoms with Crippen LogP contribution < -0.4 is 10.6 Å². The predicted octanol–water partition coefficient (Wildman–Crippen LogP) is 3.72. The first-order chi connectivity index (χ1) is 9.49. The molecule has 0 unspecified atom stereocenters. The molecule has 1 aromatic heterocycles. The van der Waals surface area contributed by atoms with Crippen LogP contribution in [0.3, 0.4) is 0 Å². The van der Waals surface area contributed by atoms with E-state index in [1.165, 1.54) is 12.1 Å². The number of hydrogen-bond donors (Lipinski definition) is 2. The summed E-state index contributed by atoms with van der Waals surface area (Å²) in [6.07, 6.45) is 0. The van der Waals surface area contributed by atoms with E-state index in [2.05, 4.69) is 20.6 Å². The highest BCUT2D eigenvalue weighted by atomic mass is 19.1. The zero-order valence-corrected chi connectivity index (χ0v) is 12.2. The van der Waals surface area contributed by atoms with Crippen LogP contribution in [0.4, 0.5) is 21.7 Å². The van der Waals surface area contributed by atoms with Crippen LogP contribution in [0.15, 0.2) is 18.2 Å². The summed E-state index contributed by atoms with van der Waals surface area (Å²) in [6.45, 7) is 8.43. The molecular formula is C15H19FN4. The molecule has 0 aliphatic carbocycles. The molecule has 106 valence electrons. The highest BCUT2D eigenvalue weighted by Crippen LogP contribution is 2.24. The standard InChI is InChI=1S/C15H19FN4/c1-5-17-14-10(3)15(19-11(4)18-14)20-13-7-9(2)6-12(16)8-13/h6-8H,5H2,1-4H3,(H2,17,18,19,20). The molecule has 0 fully saturated rings. The molecule has 2 rings (SSSR count). The molecule has 0 radical (unpaired) electrons. The minimum absolute atomic E-state index is 0.261. The largest absolute Gasteiger partial charge is 0.370 e. The SMILES string of the molecule is CCNc1nc(C)nc(Nc2cc(C)cc(F)c2)c1C. The van der Waals surface area contributed by atoms with Crippen LogP contribution in [0.1, 0.15) is 23.9 Å². The van der Waals surface area contributed by atoms with Gasteiger partial charge in [0.2, 0.25) is 0 Å². The maximum atomic E-state index is 13.4. The average Bonchev–Trinajstić information content (AvgIpc) is 2.34. The zero-order valence-electron chi connectivity index (χ0n) is 12.2. The van der Waals surface area contributed by atoms with Crippen molar-refractivity contribution < 1.29 is 4.39 Å². The molecule has 2 aromatic rings. The molecule has 0 saturated carbocycles. The van der Waals surface area contributed by atoms with Crippen LogP contribution in [-0.4, -0.2) is 16.5 Å². The fraction of sp³-hybridized carbons (Fsp3) is 0.333. The fourth-order valence-electron chi connectivity index (χ4n) is 2.03. The number of nitrogens with one attached hydrogen (secondary N) is 2. The van der Waals surface area contributed by atoms with Crippen LogP contribution in [0, 0.1) is 26.6 Å². The van der Waals surface area contributed by atoms with Gasteiger partial charge in [-0.25, -0.2) is 14.4 Å². The lowest BCUT2D eigenvalue weighted by Crippen LogP contribution is -2.07. The molecule has 4 nitrogen and oxygen atoms in total. The van der Waals surface area contributed by atoms with E-state index in [1.807, 2.05) is 33.8 Å². The topological polar surface area (TPSA) is 49.8 Å². The minimum Gasteiger partial charge on any atom is -0.370 e.